The van der Waals surface area contributed by atoms with Crippen molar-refractivity contribution in [2.45, 2.75) is 58.7 Å². The van der Waals surface area contributed by atoms with E-state index in [2.05, 4.69) is 65.5 Å². The molecule has 10 nitrogen and oxygen atoms in total. The van der Waals surface area contributed by atoms with Crippen molar-refractivity contribution in [2.24, 2.45) is 7.05 Å². The molecule has 0 fully saturated rings. The lowest BCUT2D eigenvalue weighted by molar-refractivity contribution is -0.137. The van der Waals surface area contributed by atoms with Crippen LogP contribution in [-0.2, 0) is 29.7 Å². The van der Waals surface area contributed by atoms with E-state index in [0.29, 0.717) is 5.75 Å². The van der Waals surface area contributed by atoms with E-state index in [-0.39, 0.29) is 24.9 Å². The number of rotatable bonds is 8. The second-order valence-corrected chi connectivity index (χ2v) is 10.6. The highest BCUT2D eigenvalue weighted by Crippen LogP contribution is 2.38. The van der Waals surface area contributed by atoms with Crippen molar-refractivity contribution in [3.63, 3.8) is 0 Å². The average molecular weight is 575 g/mol. The predicted molar refractivity (Wildman–Crippen MR) is 159 cm³/mol. The van der Waals surface area contributed by atoms with E-state index in [1.165, 1.54) is 16.7 Å². The van der Waals surface area contributed by atoms with Crippen LogP contribution in [0.1, 0.15) is 59.1 Å². The molecular weight excluding hydrogens is 536 g/mol. The van der Waals surface area contributed by atoms with Crippen molar-refractivity contribution in [2.75, 3.05) is 13.7 Å². The minimum Gasteiger partial charge on any atom is -0.494 e. The summed E-state index contributed by atoms with van der Waals surface area (Å²) >= 11 is 0. The Morgan fingerprint density at radius 3 is 2.64 bits per heavy atom. The minimum atomic E-state index is -0.855. The number of fused-ring (bicyclic) bond motifs is 2. The van der Waals surface area contributed by atoms with Gasteiger partial charge in [0, 0.05) is 38.2 Å². The van der Waals surface area contributed by atoms with Gasteiger partial charge in [0.05, 0.1) is 13.5 Å². The van der Waals surface area contributed by atoms with E-state index in [0.717, 1.165) is 59.5 Å². The van der Waals surface area contributed by atoms with Crippen LogP contribution in [0, 0.1) is 13.8 Å². The molecule has 0 spiro atoms. The zero-order chi connectivity index (χ0) is 30.4. The molecule has 1 aliphatic rings. The van der Waals surface area contributed by atoms with E-state index in [4.69, 9.17) is 19.4 Å². The third-order valence-corrected chi connectivity index (χ3v) is 7.86. The standard InChI is InChI=1S/C31H36N4O4.CH2O2/c1-6-24-18-35(16-22-9-7-8-10-27(22)39-24)17-23-13-21(12-11-19(23)2)26(15-29(36)37)25-14-28(38-5)31-30(20(25)3)32-33-34(31)4;2-1-3/h7-14,24,26H,6,15-18H2,1-5H3,(H,36,37);1H,(H,2,3). The largest absolute Gasteiger partial charge is 0.494 e. The lowest BCUT2D eigenvalue weighted by Gasteiger charge is -2.25. The average Bonchev–Trinajstić information content (AvgIpc) is 3.26. The number of aromatic nitrogens is 3. The fraction of sp³-hybridized carbons (Fsp3) is 0.375. The van der Waals surface area contributed by atoms with Gasteiger partial charge in [-0.15, -0.1) is 5.10 Å². The maximum Gasteiger partial charge on any atom is 0.304 e. The Labute approximate surface area is 245 Å². The molecule has 1 aliphatic heterocycles. The van der Waals surface area contributed by atoms with Crippen LogP contribution in [0.15, 0.2) is 48.5 Å². The Hall–Kier alpha value is -4.44. The van der Waals surface area contributed by atoms with Crippen LogP contribution in [0.2, 0.25) is 0 Å². The molecule has 0 amide bonds. The van der Waals surface area contributed by atoms with Crippen LogP contribution in [-0.4, -0.2) is 62.3 Å². The lowest BCUT2D eigenvalue weighted by atomic mass is 9.84. The Morgan fingerprint density at radius 2 is 1.95 bits per heavy atom. The van der Waals surface area contributed by atoms with Gasteiger partial charge < -0.3 is 19.7 Å². The molecule has 2 heterocycles. The summed E-state index contributed by atoms with van der Waals surface area (Å²) in [5.41, 5.74) is 7.84. The summed E-state index contributed by atoms with van der Waals surface area (Å²) in [5, 5.41) is 25.4. The van der Waals surface area contributed by atoms with E-state index in [1.807, 2.05) is 26.1 Å². The van der Waals surface area contributed by atoms with Gasteiger partial charge in [0.25, 0.3) is 6.47 Å². The molecule has 4 aromatic rings. The highest BCUT2D eigenvalue weighted by atomic mass is 16.5. The number of carbonyl (C=O) groups is 2. The van der Waals surface area contributed by atoms with Crippen LogP contribution in [0.3, 0.4) is 0 Å². The van der Waals surface area contributed by atoms with Crippen LogP contribution in [0.25, 0.3) is 11.0 Å². The number of carboxylic acids is 1. The topological polar surface area (TPSA) is 127 Å². The second-order valence-electron chi connectivity index (χ2n) is 10.6. The van der Waals surface area contributed by atoms with Gasteiger partial charge in [0.1, 0.15) is 28.6 Å². The number of hydrogen-bond donors (Lipinski definition) is 2. The number of carboxylic acid groups (broad SMARTS) is 2. The molecule has 0 aliphatic carbocycles. The first-order chi connectivity index (χ1) is 20.2. The van der Waals surface area contributed by atoms with Gasteiger partial charge in [0.15, 0.2) is 0 Å². The number of para-hydroxylation sites is 1. The van der Waals surface area contributed by atoms with Crippen LogP contribution in [0.4, 0.5) is 0 Å². The molecule has 0 bridgehead atoms. The molecule has 2 N–H and O–H groups in total. The molecule has 42 heavy (non-hydrogen) atoms. The number of aliphatic carboxylic acids is 1. The van der Waals surface area contributed by atoms with Gasteiger partial charge in [-0.1, -0.05) is 48.5 Å². The number of methoxy groups -OCH3 is 1. The molecule has 3 aromatic carbocycles. The molecule has 1 aromatic heterocycles. The van der Waals surface area contributed by atoms with Crippen LogP contribution >= 0.6 is 0 Å². The SMILES string of the molecule is CCC1CN(Cc2cc(C(CC(=O)O)c3cc(OC)c4c(nnn4C)c3C)ccc2C)Cc2ccccc2O1.O=CO. The van der Waals surface area contributed by atoms with Gasteiger partial charge in [-0.05, 0) is 60.2 Å². The zero-order valence-electron chi connectivity index (χ0n) is 24.7. The number of aryl methyl sites for hydroxylation is 3. The maximum atomic E-state index is 12.1. The van der Waals surface area contributed by atoms with Crippen molar-refractivity contribution in [1.29, 1.82) is 0 Å². The molecule has 5 rings (SSSR count). The fourth-order valence-corrected chi connectivity index (χ4v) is 5.65. The maximum absolute atomic E-state index is 12.1. The summed E-state index contributed by atoms with van der Waals surface area (Å²) < 4.78 is 13.7. The van der Waals surface area contributed by atoms with Gasteiger partial charge in [-0.2, -0.15) is 0 Å². The van der Waals surface area contributed by atoms with Crippen molar-refractivity contribution in [1.82, 2.24) is 19.9 Å². The second kappa shape index (κ2) is 13.5. The van der Waals surface area contributed by atoms with Crippen LogP contribution in [0.5, 0.6) is 11.5 Å². The smallest absolute Gasteiger partial charge is 0.304 e. The first-order valence-electron chi connectivity index (χ1n) is 13.9. The van der Waals surface area contributed by atoms with Gasteiger partial charge in [0.2, 0.25) is 0 Å². The highest BCUT2D eigenvalue weighted by molar-refractivity contribution is 5.86. The molecule has 0 saturated heterocycles. The van der Waals surface area contributed by atoms with Gasteiger partial charge in [-0.25, -0.2) is 4.68 Å². The predicted octanol–water partition coefficient (Wildman–Crippen LogP) is 5.07. The van der Waals surface area contributed by atoms with E-state index in [9.17, 15) is 9.90 Å². The molecule has 0 radical (unpaired) electrons. The number of nitrogens with zero attached hydrogens (tertiary/aromatic N) is 4. The Kier molecular flexibility index (Phi) is 9.80. The Balaban J connectivity index is 0.00000129. The van der Waals surface area contributed by atoms with E-state index in [1.54, 1.807) is 11.8 Å². The summed E-state index contributed by atoms with van der Waals surface area (Å²) in [6, 6.07) is 16.5. The van der Waals surface area contributed by atoms with E-state index < -0.39 is 5.97 Å². The van der Waals surface area contributed by atoms with Crippen LogP contribution < -0.4 is 9.47 Å². The third kappa shape index (κ3) is 6.54. The molecule has 2 unspecified atom stereocenters. The molecule has 2 atom stereocenters. The summed E-state index contributed by atoms with van der Waals surface area (Å²) in [6.45, 7) is 8.38. The van der Waals surface area contributed by atoms with Crippen molar-refractivity contribution >= 4 is 23.5 Å². The van der Waals surface area contributed by atoms with E-state index >= 15 is 0 Å². The first-order valence-corrected chi connectivity index (χ1v) is 13.9. The van der Waals surface area contributed by atoms with Gasteiger partial charge >= 0.3 is 5.97 Å². The molecule has 10 heteroatoms. The van der Waals surface area contributed by atoms with Crippen molar-refractivity contribution in [3.05, 3.63) is 81.9 Å². The fourth-order valence-electron chi connectivity index (χ4n) is 5.65. The molecule has 0 saturated carbocycles. The minimum absolute atomic E-state index is 0.0406. The molecule has 222 valence electrons. The summed E-state index contributed by atoms with van der Waals surface area (Å²) in [7, 11) is 3.44. The summed E-state index contributed by atoms with van der Waals surface area (Å²) in [4.78, 5) is 22.9. The summed E-state index contributed by atoms with van der Waals surface area (Å²) in [6.07, 6.45) is 1.00. The normalized spacial score (nSPS) is 15.5. The molecular formula is C32H38N4O6. The van der Waals surface area contributed by atoms with Crippen molar-refractivity contribution in [3.8, 4) is 11.5 Å². The third-order valence-electron chi connectivity index (χ3n) is 7.86. The zero-order valence-corrected chi connectivity index (χ0v) is 24.7. The monoisotopic (exact) mass is 574 g/mol. The van der Waals surface area contributed by atoms with Gasteiger partial charge in [-0.3, -0.25) is 14.5 Å². The number of hydrogen-bond acceptors (Lipinski definition) is 7. The highest BCUT2D eigenvalue weighted by Gasteiger charge is 2.26. The lowest BCUT2D eigenvalue weighted by Crippen LogP contribution is -2.32. The quantitative estimate of drug-likeness (QED) is 0.277. The Bertz CT molecular complexity index is 1570. The number of benzene rings is 3. The summed E-state index contributed by atoms with van der Waals surface area (Å²) in [5.74, 6) is 0.378. The first kappa shape index (κ1) is 30.5. The Morgan fingerprint density at radius 1 is 1.21 bits per heavy atom. The van der Waals surface area contributed by atoms with Crippen molar-refractivity contribution < 1.29 is 29.3 Å². The number of ether oxygens (including phenoxy) is 2.